The van der Waals surface area contributed by atoms with Gasteiger partial charge in [-0.3, -0.25) is 0 Å². The Morgan fingerprint density at radius 3 is 2.50 bits per heavy atom. The van der Waals surface area contributed by atoms with Gasteiger partial charge in [0.15, 0.2) is 0 Å². The maximum absolute atomic E-state index is 12.3. The van der Waals surface area contributed by atoms with Crippen LogP contribution in [0.15, 0.2) is 30.3 Å². The molecule has 1 aromatic rings. The van der Waals surface area contributed by atoms with Gasteiger partial charge in [-0.05, 0) is 19.4 Å². The van der Waals surface area contributed by atoms with Crippen LogP contribution in [0, 0.1) is 0 Å². The van der Waals surface area contributed by atoms with Crippen LogP contribution in [0.4, 0.5) is 0 Å². The minimum Gasteiger partial charge on any atom is -0.378 e. The van der Waals surface area contributed by atoms with E-state index in [0.717, 1.165) is 5.56 Å². The molecule has 0 unspecified atom stereocenters. The number of sulfonamides is 1. The van der Waals surface area contributed by atoms with E-state index in [0.29, 0.717) is 13.1 Å². The summed E-state index contributed by atoms with van der Waals surface area (Å²) in [5, 5.41) is 0. The summed E-state index contributed by atoms with van der Waals surface area (Å²) in [5.41, 5.74) is 7.24. The lowest BCUT2D eigenvalue weighted by atomic mass is 9.95. The molecule has 126 valence electrons. The average Bonchev–Trinajstić information content (AvgIpc) is 2.82. The van der Waals surface area contributed by atoms with Crippen LogP contribution in [0.3, 0.4) is 0 Å². The van der Waals surface area contributed by atoms with Crippen molar-refractivity contribution in [1.29, 1.82) is 0 Å². The average molecular weight is 349 g/mol. The molecule has 2 atom stereocenters. The minimum absolute atomic E-state index is 0. The number of hydrogen-bond acceptors (Lipinski definition) is 4. The molecule has 1 aliphatic heterocycles. The first kappa shape index (κ1) is 19.4. The van der Waals surface area contributed by atoms with Crippen LogP contribution < -0.4 is 5.73 Å². The van der Waals surface area contributed by atoms with Crippen molar-refractivity contribution >= 4 is 22.4 Å². The molecule has 1 fully saturated rings. The van der Waals surface area contributed by atoms with Gasteiger partial charge < -0.3 is 10.5 Å². The molecule has 1 aliphatic rings. The Balaban J connectivity index is 0.00000242. The molecule has 0 aromatic heterocycles. The molecule has 7 heteroatoms. The van der Waals surface area contributed by atoms with E-state index in [-0.39, 0.29) is 42.8 Å². The minimum atomic E-state index is -3.30. The number of benzene rings is 1. The van der Waals surface area contributed by atoms with E-state index in [1.807, 2.05) is 44.2 Å². The van der Waals surface area contributed by atoms with E-state index >= 15 is 0 Å². The van der Waals surface area contributed by atoms with Gasteiger partial charge in [0.2, 0.25) is 10.0 Å². The fourth-order valence-electron chi connectivity index (χ4n) is 2.59. The van der Waals surface area contributed by atoms with Crippen molar-refractivity contribution < 1.29 is 13.2 Å². The van der Waals surface area contributed by atoms with Gasteiger partial charge in [0, 0.05) is 25.0 Å². The van der Waals surface area contributed by atoms with Crippen LogP contribution in [-0.2, 0) is 14.8 Å². The van der Waals surface area contributed by atoms with Crippen molar-refractivity contribution in [2.45, 2.75) is 31.9 Å². The summed E-state index contributed by atoms with van der Waals surface area (Å²) < 4.78 is 31.5. The Morgan fingerprint density at radius 1 is 1.27 bits per heavy atom. The van der Waals surface area contributed by atoms with Crippen LogP contribution in [-0.4, -0.2) is 50.3 Å². The first-order valence-corrected chi connectivity index (χ1v) is 8.91. The van der Waals surface area contributed by atoms with Gasteiger partial charge >= 0.3 is 0 Å². The zero-order chi connectivity index (χ0) is 15.5. The monoisotopic (exact) mass is 348 g/mol. The SMILES string of the molecule is CC(C)OCCS(=O)(=O)N1C[C@@H](N)[C@H](c2ccccc2)C1.Cl. The molecule has 1 aromatic carbocycles. The molecule has 2 rings (SSSR count). The van der Waals surface area contributed by atoms with E-state index in [4.69, 9.17) is 10.5 Å². The third kappa shape index (κ3) is 4.93. The van der Waals surface area contributed by atoms with E-state index in [1.165, 1.54) is 4.31 Å². The summed E-state index contributed by atoms with van der Waals surface area (Å²) in [6.07, 6.45) is 0.0399. The number of ether oxygens (including phenoxy) is 1. The second-order valence-corrected chi connectivity index (χ2v) is 7.82. The predicted molar refractivity (Wildman–Crippen MR) is 90.9 cm³/mol. The Labute approximate surface area is 139 Å². The molecule has 0 radical (unpaired) electrons. The maximum Gasteiger partial charge on any atom is 0.216 e. The molecule has 1 saturated heterocycles. The van der Waals surface area contributed by atoms with Crippen molar-refractivity contribution in [3.8, 4) is 0 Å². The summed E-state index contributed by atoms with van der Waals surface area (Å²) in [6, 6.07) is 9.70. The highest BCUT2D eigenvalue weighted by molar-refractivity contribution is 7.89. The largest absolute Gasteiger partial charge is 0.378 e. The summed E-state index contributed by atoms with van der Waals surface area (Å²) >= 11 is 0. The first-order chi connectivity index (χ1) is 9.90. The van der Waals surface area contributed by atoms with Crippen LogP contribution in [0.5, 0.6) is 0 Å². The second kappa shape index (κ2) is 8.26. The Hall–Kier alpha value is -0.660. The molecule has 0 amide bonds. The van der Waals surface area contributed by atoms with Gasteiger partial charge in [-0.15, -0.1) is 12.4 Å². The predicted octanol–water partition coefficient (Wildman–Crippen LogP) is 1.59. The van der Waals surface area contributed by atoms with Gasteiger partial charge in [0.25, 0.3) is 0 Å². The van der Waals surface area contributed by atoms with Crippen LogP contribution in [0.2, 0.25) is 0 Å². The molecular weight excluding hydrogens is 324 g/mol. The number of nitrogens with zero attached hydrogens (tertiary/aromatic N) is 1. The smallest absolute Gasteiger partial charge is 0.216 e. The Bertz CT molecular complexity index is 551. The van der Waals surface area contributed by atoms with Crippen LogP contribution in [0.25, 0.3) is 0 Å². The molecule has 1 heterocycles. The molecular formula is C15H25ClN2O3S. The number of rotatable bonds is 6. The summed E-state index contributed by atoms with van der Waals surface area (Å²) in [5.74, 6) is 0.0753. The first-order valence-electron chi connectivity index (χ1n) is 7.30. The molecule has 0 spiro atoms. The van der Waals surface area contributed by atoms with Gasteiger partial charge in [0.1, 0.15) is 0 Å². The lowest BCUT2D eigenvalue weighted by Gasteiger charge is -2.17. The molecule has 0 saturated carbocycles. The molecule has 2 N–H and O–H groups in total. The molecule has 0 aliphatic carbocycles. The Kier molecular flexibility index (Phi) is 7.28. The zero-order valence-electron chi connectivity index (χ0n) is 13.0. The van der Waals surface area contributed by atoms with Crippen molar-refractivity contribution in [3.63, 3.8) is 0 Å². The fourth-order valence-corrected chi connectivity index (χ4v) is 3.94. The molecule has 0 bridgehead atoms. The summed E-state index contributed by atoms with van der Waals surface area (Å²) in [4.78, 5) is 0. The zero-order valence-corrected chi connectivity index (χ0v) is 14.6. The van der Waals surface area contributed by atoms with E-state index in [2.05, 4.69) is 0 Å². The van der Waals surface area contributed by atoms with Crippen LogP contribution >= 0.6 is 12.4 Å². The van der Waals surface area contributed by atoms with E-state index < -0.39 is 10.0 Å². The number of nitrogens with two attached hydrogens (primary N) is 1. The lowest BCUT2D eigenvalue weighted by molar-refractivity contribution is 0.0907. The van der Waals surface area contributed by atoms with Gasteiger partial charge in [0.05, 0.1) is 18.5 Å². The standard InChI is InChI=1S/C15H24N2O3S.ClH/c1-12(2)20-8-9-21(18,19)17-10-14(15(16)11-17)13-6-4-3-5-7-13;/h3-7,12,14-15H,8-11,16H2,1-2H3;1H/t14-,15+;/m0./s1. The normalized spacial score (nSPS) is 22.7. The molecule has 5 nitrogen and oxygen atoms in total. The number of hydrogen-bond donors (Lipinski definition) is 1. The third-order valence-electron chi connectivity index (χ3n) is 3.75. The number of halogens is 1. The lowest BCUT2D eigenvalue weighted by Crippen LogP contribution is -2.35. The van der Waals surface area contributed by atoms with E-state index in [9.17, 15) is 8.42 Å². The Morgan fingerprint density at radius 2 is 1.91 bits per heavy atom. The van der Waals surface area contributed by atoms with Crippen molar-refractivity contribution in [1.82, 2.24) is 4.31 Å². The van der Waals surface area contributed by atoms with Crippen molar-refractivity contribution in [2.75, 3.05) is 25.4 Å². The second-order valence-electron chi connectivity index (χ2n) is 5.73. The quantitative estimate of drug-likeness (QED) is 0.847. The van der Waals surface area contributed by atoms with Crippen molar-refractivity contribution in [2.24, 2.45) is 5.73 Å². The summed E-state index contributed by atoms with van der Waals surface area (Å²) in [7, 11) is -3.30. The molecule has 22 heavy (non-hydrogen) atoms. The highest BCUT2D eigenvalue weighted by Gasteiger charge is 2.37. The van der Waals surface area contributed by atoms with Crippen LogP contribution in [0.1, 0.15) is 25.3 Å². The maximum atomic E-state index is 12.3. The van der Waals surface area contributed by atoms with E-state index in [1.54, 1.807) is 0 Å². The van der Waals surface area contributed by atoms with Gasteiger partial charge in [-0.1, -0.05) is 30.3 Å². The third-order valence-corrected chi connectivity index (χ3v) is 5.51. The topological polar surface area (TPSA) is 72.6 Å². The highest BCUT2D eigenvalue weighted by Crippen LogP contribution is 2.28. The van der Waals surface area contributed by atoms with Gasteiger partial charge in [-0.25, -0.2) is 8.42 Å². The fraction of sp³-hybridized carbons (Fsp3) is 0.600. The summed E-state index contributed by atoms with van der Waals surface area (Å²) in [6.45, 7) is 4.84. The van der Waals surface area contributed by atoms with Crippen molar-refractivity contribution in [3.05, 3.63) is 35.9 Å². The highest BCUT2D eigenvalue weighted by atomic mass is 35.5. The van der Waals surface area contributed by atoms with Gasteiger partial charge in [-0.2, -0.15) is 4.31 Å².